The maximum atomic E-state index is 4.54. The van der Waals surface area contributed by atoms with E-state index in [2.05, 4.69) is 79.4 Å². The quantitative estimate of drug-likeness (QED) is 0.305. The van der Waals surface area contributed by atoms with Gasteiger partial charge in [-0.1, -0.05) is 24.3 Å². The minimum Gasteiger partial charge on any atom is -0.222 e. The maximum Gasteiger partial charge on any atom is 0.162 e. The van der Waals surface area contributed by atoms with Gasteiger partial charge in [0.2, 0.25) is 0 Å². The Labute approximate surface area is 120 Å². The molecule has 0 radical (unpaired) electrons. The monoisotopic (exact) mass is 432 g/mol. The average molecular weight is 432 g/mol. The van der Waals surface area contributed by atoms with Crippen molar-refractivity contribution in [2.24, 2.45) is 0 Å². The number of hydrogen-bond donors (Lipinski definition) is 0. The highest BCUT2D eigenvalue weighted by Crippen LogP contribution is 2.26. The largest absolute Gasteiger partial charge is 0.222 e. The molecule has 3 rings (SSSR count). The summed E-state index contributed by atoms with van der Waals surface area (Å²) in [4.78, 5) is 8.99. The summed E-state index contributed by atoms with van der Waals surface area (Å²) in [6, 6.07) is 12.4. The Morgan fingerprint density at radius 1 is 0.750 bits per heavy atom. The number of aromatic nitrogens is 2. The lowest BCUT2D eigenvalue weighted by molar-refractivity contribution is 1.24. The Morgan fingerprint density at radius 3 is 2.31 bits per heavy atom. The zero-order chi connectivity index (χ0) is 11.1. The highest BCUT2D eigenvalue weighted by molar-refractivity contribution is 14.1. The van der Waals surface area contributed by atoms with Crippen LogP contribution in [-0.4, -0.2) is 9.97 Å². The van der Waals surface area contributed by atoms with Crippen LogP contribution in [0.2, 0.25) is 0 Å². The van der Waals surface area contributed by atoms with Crippen LogP contribution in [0.15, 0.2) is 36.4 Å². The van der Waals surface area contributed by atoms with Crippen molar-refractivity contribution < 1.29 is 0 Å². The van der Waals surface area contributed by atoms with E-state index in [9.17, 15) is 0 Å². The number of pyridine rings is 2. The van der Waals surface area contributed by atoms with Crippen molar-refractivity contribution >= 4 is 67.0 Å². The molecule has 0 spiro atoms. The first-order chi connectivity index (χ1) is 7.75. The molecule has 2 aromatic heterocycles. The van der Waals surface area contributed by atoms with Gasteiger partial charge in [0.25, 0.3) is 0 Å². The molecule has 3 aromatic rings. The summed E-state index contributed by atoms with van der Waals surface area (Å²) in [6.45, 7) is 0. The van der Waals surface area contributed by atoms with Gasteiger partial charge in [-0.3, -0.25) is 0 Å². The summed E-state index contributed by atoms with van der Waals surface area (Å²) >= 11 is 4.47. The summed E-state index contributed by atoms with van der Waals surface area (Å²) < 4.78 is 1.99. The highest BCUT2D eigenvalue weighted by Gasteiger charge is 2.06. The van der Waals surface area contributed by atoms with Crippen molar-refractivity contribution in [1.82, 2.24) is 9.97 Å². The fourth-order valence-corrected chi connectivity index (χ4v) is 2.88. The second-order valence-corrected chi connectivity index (χ2v) is 5.58. The van der Waals surface area contributed by atoms with Gasteiger partial charge in [-0.05, 0) is 62.7 Å². The lowest BCUT2D eigenvalue weighted by Gasteiger charge is -2.04. The van der Waals surface area contributed by atoms with Crippen molar-refractivity contribution in [3.63, 3.8) is 0 Å². The van der Waals surface area contributed by atoms with Crippen molar-refractivity contribution in [2.75, 3.05) is 0 Å². The lowest BCUT2D eigenvalue weighted by atomic mass is 10.1. The fourth-order valence-electron chi connectivity index (χ4n) is 1.77. The van der Waals surface area contributed by atoms with Crippen molar-refractivity contribution in [3.05, 3.63) is 43.8 Å². The van der Waals surface area contributed by atoms with Gasteiger partial charge in [0.05, 0.1) is 0 Å². The van der Waals surface area contributed by atoms with E-state index in [1.807, 2.05) is 12.1 Å². The van der Waals surface area contributed by atoms with Gasteiger partial charge < -0.3 is 0 Å². The summed E-state index contributed by atoms with van der Waals surface area (Å²) in [5.74, 6) is 0. The molecule has 0 saturated carbocycles. The molecular weight excluding hydrogens is 426 g/mol. The molecule has 2 heterocycles. The van der Waals surface area contributed by atoms with Crippen LogP contribution in [-0.2, 0) is 0 Å². The molecule has 0 unspecified atom stereocenters. The van der Waals surface area contributed by atoms with Crippen LogP contribution < -0.4 is 0 Å². The first-order valence-corrected chi connectivity index (χ1v) is 6.92. The number of nitrogens with zero attached hydrogens (tertiary/aromatic N) is 2. The number of hydrogen-bond acceptors (Lipinski definition) is 2. The van der Waals surface area contributed by atoms with Crippen molar-refractivity contribution in [1.29, 1.82) is 0 Å². The van der Waals surface area contributed by atoms with Crippen LogP contribution in [0.1, 0.15) is 0 Å². The number of fused-ring (bicyclic) bond motifs is 3. The predicted molar refractivity (Wildman–Crippen MR) is 82.5 cm³/mol. The van der Waals surface area contributed by atoms with E-state index in [0.717, 1.165) is 18.4 Å². The highest BCUT2D eigenvalue weighted by atomic mass is 127. The summed E-state index contributed by atoms with van der Waals surface area (Å²) in [7, 11) is 0. The molecule has 0 fully saturated rings. The van der Waals surface area contributed by atoms with Crippen molar-refractivity contribution in [3.8, 4) is 0 Å². The molecule has 16 heavy (non-hydrogen) atoms. The molecule has 1 aromatic carbocycles. The normalized spacial score (nSPS) is 11.1. The Morgan fingerprint density at radius 2 is 1.50 bits per heavy atom. The van der Waals surface area contributed by atoms with Crippen LogP contribution in [0.5, 0.6) is 0 Å². The number of rotatable bonds is 0. The molecule has 78 valence electrons. The van der Waals surface area contributed by atoms with Gasteiger partial charge in [-0.15, -0.1) is 0 Å². The van der Waals surface area contributed by atoms with Gasteiger partial charge in [0.1, 0.15) is 7.40 Å². The minimum atomic E-state index is 0.829. The topological polar surface area (TPSA) is 25.8 Å². The lowest BCUT2D eigenvalue weighted by Crippen LogP contribution is -1.91. The Hall–Kier alpha value is -0.500. The van der Waals surface area contributed by atoms with E-state index in [0.29, 0.717) is 0 Å². The molecule has 0 bridgehead atoms. The number of benzene rings is 1. The predicted octanol–water partition coefficient (Wildman–Crippen LogP) is 3.99. The second kappa shape index (κ2) is 4.06. The molecule has 0 N–H and O–H groups in total. The van der Waals surface area contributed by atoms with Gasteiger partial charge in [0.15, 0.2) is 5.65 Å². The van der Waals surface area contributed by atoms with Crippen LogP contribution in [0.25, 0.3) is 21.8 Å². The standard InChI is InChI=1S/C12H6I2N2/c13-10-6-5-9-7-3-1-2-4-8(7)11(14)16-12(9)15-10/h1-6H. The smallest absolute Gasteiger partial charge is 0.162 e. The summed E-state index contributed by atoms with van der Waals surface area (Å²) in [5.41, 5.74) is 0.829. The third kappa shape index (κ3) is 1.67. The van der Waals surface area contributed by atoms with Crippen molar-refractivity contribution in [2.45, 2.75) is 0 Å². The Balaban J connectivity index is 2.59. The molecular formula is C12H6I2N2. The van der Waals surface area contributed by atoms with E-state index in [1.54, 1.807) is 0 Å². The van der Waals surface area contributed by atoms with E-state index < -0.39 is 0 Å². The van der Waals surface area contributed by atoms with Crippen LogP contribution in [0, 0.1) is 7.40 Å². The average Bonchev–Trinajstić information content (AvgIpc) is 2.29. The molecule has 2 nitrogen and oxygen atoms in total. The molecule has 0 aliphatic rings. The molecule has 0 aliphatic heterocycles. The first-order valence-electron chi connectivity index (χ1n) is 4.76. The van der Waals surface area contributed by atoms with E-state index in [-0.39, 0.29) is 0 Å². The summed E-state index contributed by atoms with van der Waals surface area (Å²) in [6.07, 6.45) is 0. The third-order valence-electron chi connectivity index (χ3n) is 2.48. The van der Waals surface area contributed by atoms with Crippen LogP contribution in [0.3, 0.4) is 0 Å². The van der Waals surface area contributed by atoms with Gasteiger partial charge in [0, 0.05) is 10.8 Å². The third-order valence-corrected chi connectivity index (χ3v) is 3.91. The van der Waals surface area contributed by atoms with E-state index in [1.165, 1.54) is 10.8 Å². The van der Waals surface area contributed by atoms with Crippen LogP contribution in [0.4, 0.5) is 0 Å². The zero-order valence-electron chi connectivity index (χ0n) is 8.11. The molecule has 0 atom stereocenters. The molecule has 0 saturated heterocycles. The maximum absolute atomic E-state index is 4.54. The van der Waals surface area contributed by atoms with Gasteiger partial charge in [-0.25, -0.2) is 9.97 Å². The van der Waals surface area contributed by atoms with Crippen LogP contribution >= 0.6 is 45.2 Å². The van der Waals surface area contributed by atoms with Gasteiger partial charge >= 0.3 is 0 Å². The summed E-state index contributed by atoms with van der Waals surface area (Å²) in [5, 5.41) is 3.54. The Bertz CT molecular complexity index is 695. The minimum absolute atomic E-state index is 0.829. The first kappa shape index (κ1) is 10.6. The van der Waals surface area contributed by atoms with E-state index in [4.69, 9.17) is 0 Å². The fraction of sp³-hybridized carbons (Fsp3) is 0. The SMILES string of the molecule is Ic1ccc2c(n1)nc(I)c1ccccc12. The molecule has 0 amide bonds. The Kier molecular flexibility index (Phi) is 2.70. The zero-order valence-corrected chi connectivity index (χ0v) is 12.4. The number of halogens is 2. The van der Waals surface area contributed by atoms with E-state index >= 15 is 0 Å². The molecule has 4 heteroatoms. The second-order valence-electron chi connectivity index (χ2n) is 3.45. The van der Waals surface area contributed by atoms with Gasteiger partial charge in [-0.2, -0.15) is 0 Å². The molecule has 0 aliphatic carbocycles.